The van der Waals surface area contributed by atoms with Gasteiger partial charge in [-0.3, -0.25) is 0 Å². The van der Waals surface area contributed by atoms with Crippen LogP contribution in [0.25, 0.3) is 11.4 Å². The zero-order chi connectivity index (χ0) is 24.1. The molecule has 0 spiro atoms. The van der Waals surface area contributed by atoms with E-state index in [0.717, 1.165) is 35.2 Å². The van der Waals surface area contributed by atoms with Crippen LogP contribution in [-0.4, -0.2) is 21.2 Å². The molecule has 4 aromatic rings. The van der Waals surface area contributed by atoms with Gasteiger partial charge in [0, 0.05) is 17.5 Å². The number of benzene rings is 3. The van der Waals surface area contributed by atoms with Crippen LogP contribution < -0.4 is 10.1 Å². The zero-order valence-corrected chi connectivity index (χ0v) is 18.7. The van der Waals surface area contributed by atoms with Crippen LogP contribution in [0.4, 0.5) is 29.2 Å². The van der Waals surface area contributed by atoms with Gasteiger partial charge in [0.1, 0.15) is 24.5 Å². The average Bonchev–Trinajstić information content (AvgIpc) is 2.82. The number of ether oxygens (including phenoxy) is 1. The molecule has 0 aliphatic rings. The predicted octanol–water partition coefficient (Wildman–Crippen LogP) is 6.28. The summed E-state index contributed by atoms with van der Waals surface area (Å²) in [5.74, 6) is -3.47. The number of halogens is 4. The van der Waals surface area contributed by atoms with Crippen molar-refractivity contribution in [3.8, 4) is 17.1 Å². The van der Waals surface area contributed by atoms with Crippen molar-refractivity contribution < 1.29 is 22.3 Å². The van der Waals surface area contributed by atoms with Crippen molar-refractivity contribution in [3.63, 3.8) is 0 Å². The predicted molar refractivity (Wildman–Crippen MR) is 123 cm³/mol. The molecule has 0 fully saturated rings. The molecule has 3 aromatic carbocycles. The summed E-state index contributed by atoms with van der Waals surface area (Å²) in [4.78, 5) is 12.7. The smallest absolute Gasteiger partial charge is 0.230 e. The van der Waals surface area contributed by atoms with E-state index in [1.807, 2.05) is 30.5 Å². The van der Waals surface area contributed by atoms with E-state index in [1.165, 1.54) is 18.5 Å². The monoisotopic (exact) mass is 486 g/mol. The largest absolute Gasteiger partial charge is 0.488 e. The SMILES string of the molecule is CSCc1cccc(Nc2ncnc(-c3ccc(F)cc3OCc3cc(F)c(F)c(F)c3)n2)c1. The van der Waals surface area contributed by atoms with Gasteiger partial charge in [0.25, 0.3) is 0 Å². The third-order valence-electron chi connectivity index (χ3n) is 4.69. The van der Waals surface area contributed by atoms with Crippen LogP contribution in [0, 0.1) is 23.3 Å². The Morgan fingerprint density at radius 1 is 0.912 bits per heavy atom. The molecule has 1 aromatic heterocycles. The van der Waals surface area contributed by atoms with Gasteiger partial charge in [-0.2, -0.15) is 16.7 Å². The van der Waals surface area contributed by atoms with Crippen LogP contribution in [0.15, 0.2) is 60.9 Å². The molecular formula is C24H18F4N4OS. The fraction of sp³-hybridized carbons (Fsp3) is 0.125. The first-order valence-electron chi connectivity index (χ1n) is 10.0. The van der Waals surface area contributed by atoms with E-state index in [2.05, 4.69) is 20.3 Å². The molecule has 0 aliphatic carbocycles. The quantitative estimate of drug-likeness (QED) is 0.234. The summed E-state index contributed by atoms with van der Waals surface area (Å²) in [6.45, 7) is -0.330. The lowest BCUT2D eigenvalue weighted by Crippen LogP contribution is -2.03. The number of hydrogen-bond donors (Lipinski definition) is 1. The highest BCUT2D eigenvalue weighted by Gasteiger charge is 2.15. The Kier molecular flexibility index (Phi) is 7.27. The van der Waals surface area contributed by atoms with Crippen LogP contribution in [0.3, 0.4) is 0 Å². The molecular weight excluding hydrogens is 468 g/mol. The molecule has 0 aliphatic heterocycles. The molecule has 0 unspecified atom stereocenters. The molecule has 1 N–H and O–H groups in total. The number of nitrogens with one attached hydrogen (secondary N) is 1. The first kappa shape index (κ1) is 23.5. The summed E-state index contributed by atoms with van der Waals surface area (Å²) >= 11 is 1.70. The summed E-state index contributed by atoms with van der Waals surface area (Å²) in [5.41, 5.74) is 2.30. The second-order valence-corrected chi connectivity index (χ2v) is 8.06. The fourth-order valence-corrected chi connectivity index (χ4v) is 3.69. The van der Waals surface area contributed by atoms with Gasteiger partial charge in [-0.25, -0.2) is 27.5 Å². The highest BCUT2D eigenvalue weighted by atomic mass is 32.2. The third-order valence-corrected chi connectivity index (χ3v) is 5.31. The normalized spacial score (nSPS) is 10.9. The number of nitrogens with zero attached hydrogens (tertiary/aromatic N) is 3. The second-order valence-electron chi connectivity index (χ2n) is 7.19. The van der Waals surface area contributed by atoms with Crippen molar-refractivity contribution in [1.82, 2.24) is 15.0 Å². The van der Waals surface area contributed by atoms with Gasteiger partial charge in [-0.05, 0) is 53.8 Å². The van der Waals surface area contributed by atoms with Gasteiger partial charge >= 0.3 is 0 Å². The van der Waals surface area contributed by atoms with Gasteiger partial charge in [0.2, 0.25) is 5.95 Å². The van der Waals surface area contributed by atoms with E-state index >= 15 is 0 Å². The third kappa shape index (κ3) is 5.63. The molecule has 0 amide bonds. The van der Waals surface area contributed by atoms with Gasteiger partial charge in [-0.1, -0.05) is 12.1 Å². The van der Waals surface area contributed by atoms with Crippen molar-refractivity contribution >= 4 is 23.4 Å². The van der Waals surface area contributed by atoms with Crippen LogP contribution in [-0.2, 0) is 12.4 Å². The number of rotatable bonds is 8. The molecule has 4 rings (SSSR count). The van der Waals surface area contributed by atoms with Gasteiger partial charge in [0.15, 0.2) is 23.3 Å². The number of thioether (sulfide) groups is 1. The van der Waals surface area contributed by atoms with Crippen LogP contribution in [0.5, 0.6) is 5.75 Å². The Hall–Kier alpha value is -3.66. The zero-order valence-electron chi connectivity index (χ0n) is 17.9. The van der Waals surface area contributed by atoms with Crippen LogP contribution in [0.2, 0.25) is 0 Å². The Balaban J connectivity index is 1.58. The minimum atomic E-state index is -1.57. The topological polar surface area (TPSA) is 59.9 Å². The summed E-state index contributed by atoms with van der Waals surface area (Å²) in [5, 5.41) is 3.11. The van der Waals surface area contributed by atoms with Crippen LogP contribution >= 0.6 is 11.8 Å². The van der Waals surface area contributed by atoms with Crippen molar-refractivity contribution in [3.05, 3.63) is 95.3 Å². The van der Waals surface area contributed by atoms with Crippen molar-refractivity contribution in [2.45, 2.75) is 12.4 Å². The molecule has 34 heavy (non-hydrogen) atoms. The molecule has 0 atom stereocenters. The van der Waals surface area contributed by atoms with Gasteiger partial charge in [0.05, 0.1) is 5.56 Å². The number of hydrogen-bond acceptors (Lipinski definition) is 6. The summed E-state index contributed by atoms with van der Waals surface area (Å²) in [6, 6.07) is 13.2. The van der Waals surface area contributed by atoms with E-state index in [0.29, 0.717) is 5.56 Å². The first-order valence-corrected chi connectivity index (χ1v) is 11.4. The summed E-state index contributed by atoms with van der Waals surface area (Å²) in [6.07, 6.45) is 3.32. The molecule has 0 saturated heterocycles. The van der Waals surface area contributed by atoms with E-state index < -0.39 is 23.3 Å². The minimum absolute atomic E-state index is 0.0368. The molecule has 0 saturated carbocycles. The fourth-order valence-electron chi connectivity index (χ4n) is 3.17. The average molecular weight is 486 g/mol. The Bertz CT molecular complexity index is 1300. The minimum Gasteiger partial charge on any atom is -0.488 e. The molecule has 10 heteroatoms. The lowest BCUT2D eigenvalue weighted by Gasteiger charge is -2.12. The Morgan fingerprint density at radius 2 is 1.71 bits per heavy atom. The highest BCUT2D eigenvalue weighted by molar-refractivity contribution is 7.97. The molecule has 0 bridgehead atoms. The van der Waals surface area contributed by atoms with E-state index in [9.17, 15) is 17.6 Å². The molecule has 0 radical (unpaired) electrons. The lowest BCUT2D eigenvalue weighted by molar-refractivity contribution is 0.303. The number of anilines is 2. The number of aromatic nitrogens is 3. The maximum absolute atomic E-state index is 13.9. The molecule has 1 heterocycles. The van der Waals surface area contributed by atoms with Crippen molar-refractivity contribution in [1.29, 1.82) is 0 Å². The highest BCUT2D eigenvalue weighted by Crippen LogP contribution is 2.30. The van der Waals surface area contributed by atoms with Crippen LogP contribution in [0.1, 0.15) is 11.1 Å². The maximum atomic E-state index is 13.9. The Morgan fingerprint density at radius 3 is 2.47 bits per heavy atom. The first-order chi connectivity index (χ1) is 16.4. The van der Waals surface area contributed by atoms with Crippen molar-refractivity contribution in [2.24, 2.45) is 0 Å². The van der Waals surface area contributed by atoms with E-state index in [4.69, 9.17) is 4.74 Å². The molecule has 174 valence electrons. The summed E-state index contributed by atoms with van der Waals surface area (Å²) < 4.78 is 59.7. The van der Waals surface area contributed by atoms with Gasteiger partial charge in [-0.15, -0.1) is 0 Å². The standard InChI is InChI=1S/C24H18F4N4OS/c1-34-12-14-3-2-4-17(7-14)31-24-30-13-29-23(32-24)18-6-5-16(25)10-21(18)33-11-15-8-19(26)22(28)20(27)9-15/h2-10,13H,11-12H2,1H3,(H,29,30,31,32). The van der Waals surface area contributed by atoms with Gasteiger partial charge < -0.3 is 10.1 Å². The lowest BCUT2D eigenvalue weighted by atomic mass is 10.1. The van der Waals surface area contributed by atoms with E-state index in [-0.39, 0.29) is 29.7 Å². The molecule has 5 nitrogen and oxygen atoms in total. The Labute approximate surface area is 197 Å². The summed E-state index contributed by atoms with van der Waals surface area (Å²) in [7, 11) is 0. The van der Waals surface area contributed by atoms with Crippen molar-refractivity contribution in [2.75, 3.05) is 11.6 Å². The second kappa shape index (κ2) is 10.5. The van der Waals surface area contributed by atoms with E-state index in [1.54, 1.807) is 11.8 Å². The maximum Gasteiger partial charge on any atom is 0.230 e.